The number of aromatic nitrogens is 1. The molecule has 0 N–H and O–H groups in total. The molecule has 4 rings (SSSR count). The van der Waals surface area contributed by atoms with Crippen LogP contribution in [0.3, 0.4) is 0 Å². The van der Waals surface area contributed by atoms with Gasteiger partial charge >= 0.3 is 0 Å². The number of carbonyl (C=O) groups excluding carboxylic acids is 1. The number of carbonyl (C=O) groups is 1. The van der Waals surface area contributed by atoms with E-state index in [1.807, 2.05) is 11.8 Å². The number of thiazole rings is 1. The average Bonchev–Trinajstić information content (AvgIpc) is 3.51. The predicted molar refractivity (Wildman–Crippen MR) is 130 cm³/mol. The van der Waals surface area contributed by atoms with Gasteiger partial charge in [0.05, 0.1) is 9.88 Å². The van der Waals surface area contributed by atoms with Gasteiger partial charge in [0.1, 0.15) is 5.69 Å². The van der Waals surface area contributed by atoms with Gasteiger partial charge in [0.15, 0.2) is 0 Å². The van der Waals surface area contributed by atoms with Crippen LogP contribution >= 0.6 is 11.3 Å². The fourth-order valence-electron chi connectivity index (χ4n) is 3.89. The zero-order valence-corrected chi connectivity index (χ0v) is 19.9. The standard InChI is InChI=1S/C27H32N2OS/c1-5-21-7-9-22(10-8-21)14-15-29(17-23-11-12-23)27(30)25-26(31-20(4)28-25)24-13-6-18(2)19(3)16-24/h6-10,13,16,23H,5,11-12,14-15,17H2,1-4H3. The fraction of sp³-hybridized carbons (Fsp3) is 0.407. The molecule has 0 saturated heterocycles. The maximum absolute atomic E-state index is 13.7. The Bertz CT molecular complexity index is 1060. The molecule has 0 bridgehead atoms. The Labute approximate surface area is 190 Å². The summed E-state index contributed by atoms with van der Waals surface area (Å²) in [6.07, 6.45) is 4.39. The molecule has 2 aromatic carbocycles. The van der Waals surface area contributed by atoms with Crippen LogP contribution in [0, 0.1) is 26.7 Å². The summed E-state index contributed by atoms with van der Waals surface area (Å²) in [5, 5.41) is 0.943. The molecule has 1 heterocycles. The van der Waals surface area contributed by atoms with Gasteiger partial charge in [0.25, 0.3) is 5.91 Å². The molecule has 0 unspecified atom stereocenters. The topological polar surface area (TPSA) is 33.2 Å². The minimum absolute atomic E-state index is 0.0784. The Morgan fingerprint density at radius 1 is 1.03 bits per heavy atom. The lowest BCUT2D eigenvalue weighted by Gasteiger charge is -2.22. The Hall–Kier alpha value is -2.46. The Balaban J connectivity index is 1.57. The van der Waals surface area contributed by atoms with Crippen molar-refractivity contribution in [2.75, 3.05) is 13.1 Å². The lowest BCUT2D eigenvalue weighted by molar-refractivity contribution is 0.0745. The highest BCUT2D eigenvalue weighted by molar-refractivity contribution is 7.15. The molecule has 4 heteroatoms. The molecule has 0 radical (unpaired) electrons. The van der Waals surface area contributed by atoms with E-state index < -0.39 is 0 Å². The molecular formula is C27H32N2OS. The maximum Gasteiger partial charge on any atom is 0.274 e. The van der Waals surface area contributed by atoms with E-state index in [-0.39, 0.29) is 5.91 Å². The summed E-state index contributed by atoms with van der Waals surface area (Å²) >= 11 is 1.62. The van der Waals surface area contributed by atoms with E-state index in [4.69, 9.17) is 4.98 Å². The van der Waals surface area contributed by atoms with Gasteiger partial charge in [0.2, 0.25) is 0 Å². The summed E-state index contributed by atoms with van der Waals surface area (Å²) in [7, 11) is 0. The third-order valence-electron chi connectivity index (χ3n) is 6.27. The SMILES string of the molecule is CCc1ccc(CCN(CC2CC2)C(=O)c2nc(C)sc2-c2ccc(C)c(C)c2)cc1. The molecule has 1 amide bonds. The normalized spacial score (nSPS) is 13.4. The van der Waals surface area contributed by atoms with Crippen LogP contribution in [0.15, 0.2) is 42.5 Å². The molecule has 1 aromatic heterocycles. The van der Waals surface area contributed by atoms with Gasteiger partial charge in [-0.05, 0) is 80.2 Å². The summed E-state index contributed by atoms with van der Waals surface area (Å²) in [4.78, 5) is 21.4. The number of amides is 1. The van der Waals surface area contributed by atoms with Crippen molar-refractivity contribution in [3.63, 3.8) is 0 Å². The summed E-state index contributed by atoms with van der Waals surface area (Å²) in [6, 6.07) is 15.2. The lowest BCUT2D eigenvalue weighted by atomic mass is 10.0. The first-order chi connectivity index (χ1) is 14.9. The van der Waals surface area contributed by atoms with Gasteiger partial charge in [-0.1, -0.05) is 49.4 Å². The van der Waals surface area contributed by atoms with Crippen molar-refractivity contribution in [3.8, 4) is 10.4 Å². The molecule has 1 fully saturated rings. The number of nitrogens with zero attached hydrogens (tertiary/aromatic N) is 2. The molecule has 1 aliphatic carbocycles. The monoisotopic (exact) mass is 432 g/mol. The first kappa shape index (κ1) is 21.8. The highest BCUT2D eigenvalue weighted by atomic mass is 32.1. The molecular weight excluding hydrogens is 400 g/mol. The summed E-state index contributed by atoms with van der Waals surface area (Å²) in [5.74, 6) is 0.728. The third kappa shape index (κ3) is 5.24. The van der Waals surface area contributed by atoms with Gasteiger partial charge in [-0.25, -0.2) is 4.98 Å². The molecule has 3 nitrogen and oxygen atoms in total. The second kappa shape index (κ2) is 9.35. The highest BCUT2D eigenvalue weighted by Gasteiger charge is 2.30. The van der Waals surface area contributed by atoms with Crippen LogP contribution in [-0.2, 0) is 12.8 Å². The van der Waals surface area contributed by atoms with Gasteiger partial charge in [-0.3, -0.25) is 4.79 Å². The molecule has 0 atom stereocenters. The van der Waals surface area contributed by atoms with Crippen LogP contribution in [0.5, 0.6) is 0 Å². The van der Waals surface area contributed by atoms with Crippen molar-refractivity contribution < 1.29 is 4.79 Å². The van der Waals surface area contributed by atoms with Crippen LogP contribution in [0.2, 0.25) is 0 Å². The number of rotatable bonds is 8. The van der Waals surface area contributed by atoms with E-state index in [9.17, 15) is 4.79 Å². The predicted octanol–water partition coefficient (Wildman–Crippen LogP) is 6.39. The quantitative estimate of drug-likeness (QED) is 0.413. The summed E-state index contributed by atoms with van der Waals surface area (Å²) < 4.78 is 0. The van der Waals surface area contributed by atoms with E-state index in [0.717, 1.165) is 41.4 Å². The van der Waals surface area contributed by atoms with Gasteiger partial charge in [-0.15, -0.1) is 11.3 Å². The Kier molecular flexibility index (Phi) is 6.57. The van der Waals surface area contributed by atoms with E-state index >= 15 is 0 Å². The highest BCUT2D eigenvalue weighted by Crippen LogP contribution is 2.34. The van der Waals surface area contributed by atoms with Crippen molar-refractivity contribution in [2.45, 2.75) is 53.4 Å². The Morgan fingerprint density at radius 3 is 2.39 bits per heavy atom. The molecule has 3 aromatic rings. The van der Waals surface area contributed by atoms with Crippen LogP contribution in [0.1, 0.15) is 57.5 Å². The molecule has 0 spiro atoms. The van der Waals surface area contributed by atoms with Crippen LogP contribution < -0.4 is 0 Å². The molecule has 162 valence electrons. The van der Waals surface area contributed by atoms with Crippen molar-refractivity contribution in [3.05, 3.63) is 75.4 Å². The van der Waals surface area contributed by atoms with Crippen LogP contribution in [-0.4, -0.2) is 28.9 Å². The van der Waals surface area contributed by atoms with Crippen LogP contribution in [0.4, 0.5) is 0 Å². The third-order valence-corrected chi connectivity index (χ3v) is 7.29. The number of benzene rings is 2. The first-order valence-corrected chi connectivity index (χ1v) is 12.2. The Morgan fingerprint density at radius 2 is 1.74 bits per heavy atom. The average molecular weight is 433 g/mol. The zero-order valence-electron chi connectivity index (χ0n) is 19.1. The minimum atomic E-state index is 0.0784. The van der Waals surface area contributed by atoms with Crippen molar-refractivity contribution >= 4 is 17.2 Å². The lowest BCUT2D eigenvalue weighted by Crippen LogP contribution is -2.35. The smallest absolute Gasteiger partial charge is 0.274 e. The van der Waals surface area contributed by atoms with Crippen LogP contribution in [0.25, 0.3) is 10.4 Å². The molecule has 1 saturated carbocycles. The van der Waals surface area contributed by atoms with Crippen molar-refractivity contribution in [1.29, 1.82) is 0 Å². The van der Waals surface area contributed by atoms with Crippen molar-refractivity contribution in [2.24, 2.45) is 5.92 Å². The molecule has 0 aliphatic heterocycles. The fourth-order valence-corrected chi connectivity index (χ4v) is 4.80. The number of hydrogen-bond acceptors (Lipinski definition) is 3. The number of aryl methyl sites for hydroxylation is 4. The van der Waals surface area contributed by atoms with Gasteiger partial charge < -0.3 is 4.90 Å². The van der Waals surface area contributed by atoms with E-state index in [0.29, 0.717) is 11.6 Å². The van der Waals surface area contributed by atoms with Gasteiger partial charge in [0, 0.05) is 13.1 Å². The van der Waals surface area contributed by atoms with E-state index in [2.05, 4.69) is 63.2 Å². The second-order valence-electron chi connectivity index (χ2n) is 8.82. The minimum Gasteiger partial charge on any atom is -0.337 e. The molecule has 1 aliphatic rings. The zero-order chi connectivity index (χ0) is 22.0. The first-order valence-electron chi connectivity index (χ1n) is 11.4. The second-order valence-corrected chi connectivity index (χ2v) is 10.0. The van der Waals surface area contributed by atoms with Crippen molar-refractivity contribution in [1.82, 2.24) is 9.88 Å². The largest absolute Gasteiger partial charge is 0.337 e. The molecule has 31 heavy (non-hydrogen) atoms. The maximum atomic E-state index is 13.7. The van der Waals surface area contributed by atoms with E-state index in [1.165, 1.54) is 35.1 Å². The summed E-state index contributed by atoms with van der Waals surface area (Å²) in [5.41, 5.74) is 6.86. The number of hydrogen-bond donors (Lipinski definition) is 0. The van der Waals surface area contributed by atoms with Gasteiger partial charge in [-0.2, -0.15) is 0 Å². The van der Waals surface area contributed by atoms with E-state index in [1.54, 1.807) is 11.3 Å². The summed E-state index contributed by atoms with van der Waals surface area (Å²) in [6.45, 7) is 9.99.